The molecule has 0 unspecified atom stereocenters. The van der Waals surface area contributed by atoms with Gasteiger partial charge in [-0.2, -0.15) is 10.9 Å². The molecule has 0 bridgehead atoms. The summed E-state index contributed by atoms with van der Waals surface area (Å²) < 4.78 is 15.7. The second-order valence-electron chi connectivity index (χ2n) is 15.1. The van der Waals surface area contributed by atoms with E-state index < -0.39 is 23.7 Å². The Balaban J connectivity index is 1.28. The van der Waals surface area contributed by atoms with Crippen molar-refractivity contribution in [2.45, 2.75) is 124 Å². The van der Waals surface area contributed by atoms with Gasteiger partial charge in [0.1, 0.15) is 6.10 Å². The first-order chi connectivity index (χ1) is 19.8. The number of ether oxygens (including phenoxy) is 3. The summed E-state index contributed by atoms with van der Waals surface area (Å²) in [5, 5.41) is -0.360. The number of hydrogen-bond acceptors (Lipinski definition) is 6. The van der Waals surface area contributed by atoms with E-state index in [2.05, 4.69) is 40.7 Å². The van der Waals surface area contributed by atoms with Crippen LogP contribution in [0.3, 0.4) is 0 Å². The maximum atomic E-state index is 12.6. The molecule has 0 aromatic carbocycles. The zero-order chi connectivity index (χ0) is 30.7. The second kappa shape index (κ2) is 14.1. The van der Waals surface area contributed by atoms with Crippen molar-refractivity contribution in [2.75, 3.05) is 19.3 Å². The average molecular weight is 607 g/mol. The van der Waals surface area contributed by atoms with Crippen LogP contribution in [0.4, 0.5) is 4.79 Å². The minimum absolute atomic E-state index is 0.0180. The van der Waals surface area contributed by atoms with Gasteiger partial charge in [0.15, 0.2) is 0 Å². The molecular formula is C35H58O6S. The van der Waals surface area contributed by atoms with E-state index in [9.17, 15) is 14.4 Å². The molecule has 0 N–H and O–H groups in total. The first-order valence-electron chi connectivity index (χ1n) is 16.7. The first kappa shape index (κ1) is 33.4. The van der Waals surface area contributed by atoms with Gasteiger partial charge in [-0.1, -0.05) is 65.5 Å². The summed E-state index contributed by atoms with van der Waals surface area (Å²) in [5.41, 5.74) is 2.21. The van der Waals surface area contributed by atoms with Crippen molar-refractivity contribution in [3.63, 3.8) is 0 Å². The van der Waals surface area contributed by atoms with E-state index in [4.69, 9.17) is 14.2 Å². The highest BCUT2D eigenvalue weighted by atomic mass is 32.2. The van der Waals surface area contributed by atoms with Gasteiger partial charge < -0.3 is 14.2 Å². The number of carbonyl (C=O) groups is 3. The van der Waals surface area contributed by atoms with Gasteiger partial charge in [-0.3, -0.25) is 9.59 Å². The van der Waals surface area contributed by atoms with Gasteiger partial charge in [0.25, 0.3) is 0 Å². The Hall–Kier alpha value is -1.50. The lowest BCUT2D eigenvalue weighted by Gasteiger charge is -2.58. The zero-order valence-corrected chi connectivity index (χ0v) is 28.3. The Morgan fingerprint density at radius 2 is 1.67 bits per heavy atom. The minimum atomic E-state index is -0.879. The topological polar surface area (TPSA) is 78.9 Å². The fourth-order valence-corrected chi connectivity index (χ4v) is 9.86. The molecule has 8 atom stereocenters. The Kier molecular flexibility index (Phi) is 11.2. The Morgan fingerprint density at radius 3 is 2.38 bits per heavy atom. The number of carbonyl (C=O) groups excluding carboxylic acids is 3. The third-order valence-corrected chi connectivity index (χ3v) is 12.7. The predicted molar refractivity (Wildman–Crippen MR) is 170 cm³/mol. The molecule has 7 heteroatoms. The summed E-state index contributed by atoms with van der Waals surface area (Å²) in [6, 6.07) is 0. The van der Waals surface area contributed by atoms with Crippen LogP contribution in [0, 0.1) is 46.3 Å². The number of esters is 2. The molecule has 0 heterocycles. The van der Waals surface area contributed by atoms with E-state index in [1.54, 1.807) is 12.5 Å². The predicted octanol–water partition coefficient (Wildman–Crippen LogP) is 8.62. The fourth-order valence-electron chi connectivity index (χ4n) is 9.55. The summed E-state index contributed by atoms with van der Waals surface area (Å²) in [6.07, 6.45) is 19.5. The van der Waals surface area contributed by atoms with Crippen LogP contribution in [0.5, 0.6) is 0 Å². The van der Waals surface area contributed by atoms with Gasteiger partial charge in [-0.15, -0.1) is 0 Å². The maximum Gasteiger partial charge on any atom is 0.349 e. The number of thiol groups is 1. The van der Waals surface area contributed by atoms with Crippen molar-refractivity contribution in [1.82, 2.24) is 0 Å². The summed E-state index contributed by atoms with van der Waals surface area (Å²) in [5.74, 6) is 3.96. The van der Waals surface area contributed by atoms with Gasteiger partial charge in [0.05, 0.1) is 12.8 Å². The summed E-state index contributed by atoms with van der Waals surface area (Å²) in [7, 11) is -0.879. The molecule has 0 aromatic rings. The number of rotatable bonds is 11. The van der Waals surface area contributed by atoms with Crippen molar-refractivity contribution in [3.05, 3.63) is 11.6 Å². The van der Waals surface area contributed by atoms with Crippen LogP contribution in [0.1, 0.15) is 118 Å². The van der Waals surface area contributed by atoms with E-state index in [0.717, 1.165) is 54.8 Å². The summed E-state index contributed by atoms with van der Waals surface area (Å²) in [6.45, 7) is 12.0. The molecule has 0 aliphatic heterocycles. The molecule has 3 fully saturated rings. The molecule has 0 radical (unpaired) electrons. The molecular weight excluding hydrogens is 548 g/mol. The van der Waals surface area contributed by atoms with E-state index in [-0.39, 0.29) is 35.6 Å². The number of hydrogen-bond donors (Lipinski definition) is 1. The molecule has 4 aliphatic carbocycles. The molecule has 240 valence electrons. The summed E-state index contributed by atoms with van der Waals surface area (Å²) in [4.78, 5) is 36.0. The van der Waals surface area contributed by atoms with Gasteiger partial charge in [0, 0.05) is 6.42 Å². The molecule has 0 spiro atoms. The molecule has 0 aromatic heterocycles. The lowest BCUT2D eigenvalue weighted by atomic mass is 9.47. The van der Waals surface area contributed by atoms with Crippen LogP contribution >= 0.6 is 10.9 Å². The van der Waals surface area contributed by atoms with Crippen molar-refractivity contribution < 1.29 is 28.6 Å². The van der Waals surface area contributed by atoms with Crippen molar-refractivity contribution in [1.29, 1.82) is 0 Å². The van der Waals surface area contributed by atoms with Crippen LogP contribution in [0.25, 0.3) is 0 Å². The van der Waals surface area contributed by atoms with Crippen LogP contribution < -0.4 is 0 Å². The lowest BCUT2D eigenvalue weighted by Crippen LogP contribution is -2.51. The number of allylic oxidation sites excluding steroid dienone is 1. The molecule has 42 heavy (non-hydrogen) atoms. The molecule has 0 saturated heterocycles. The normalized spacial score (nSPS) is 34.8. The highest BCUT2D eigenvalue weighted by Crippen LogP contribution is 2.67. The first-order valence-corrected chi connectivity index (χ1v) is 19.0. The van der Waals surface area contributed by atoms with Gasteiger partial charge in [0.2, 0.25) is 6.79 Å². The fraction of sp³-hybridized carbons (Fsp3) is 0.857. The van der Waals surface area contributed by atoms with Crippen LogP contribution in [0.2, 0.25) is 0 Å². The Morgan fingerprint density at radius 1 is 0.929 bits per heavy atom. The van der Waals surface area contributed by atoms with Gasteiger partial charge in [-0.05, 0) is 104 Å². The van der Waals surface area contributed by atoms with Crippen LogP contribution in [-0.2, 0) is 23.8 Å². The van der Waals surface area contributed by atoms with E-state index in [1.165, 1.54) is 56.9 Å². The quantitative estimate of drug-likeness (QED) is 0.110. The molecule has 4 rings (SSSR count). The van der Waals surface area contributed by atoms with E-state index >= 15 is 0 Å². The maximum absolute atomic E-state index is 12.6. The van der Waals surface area contributed by atoms with Gasteiger partial charge >= 0.3 is 17.2 Å². The van der Waals surface area contributed by atoms with Crippen molar-refractivity contribution >= 4 is 28.1 Å². The van der Waals surface area contributed by atoms with Crippen molar-refractivity contribution in [2.24, 2.45) is 46.3 Å². The highest BCUT2D eigenvalue weighted by molar-refractivity contribution is 8.28. The zero-order valence-electron chi connectivity index (χ0n) is 27.4. The molecule has 4 aliphatic rings. The second-order valence-corrected chi connectivity index (χ2v) is 17.2. The standard InChI is InChI=1S/C35H58O6S/c1-23(2)9-8-10-24(3)28-13-14-29-27-12-11-25-21-26(17-19-34(25,4)30(27)18-20-35(28,29)5)41-32(37)16-15-31(36)39-22-40-33(38)42(6)7/h11,23-24,26-30,42H,8-10,12-22H2,1-7H3/t24-,26+,27+,28-,29+,30+,34+,35-/m1/s1. The number of fused-ring (bicyclic) bond motifs is 5. The molecule has 0 amide bonds. The van der Waals surface area contributed by atoms with Gasteiger partial charge in [-0.25, -0.2) is 4.79 Å². The highest BCUT2D eigenvalue weighted by Gasteiger charge is 2.59. The minimum Gasteiger partial charge on any atom is -0.462 e. The molecule has 6 nitrogen and oxygen atoms in total. The molecule has 3 saturated carbocycles. The largest absolute Gasteiger partial charge is 0.462 e. The summed E-state index contributed by atoms with van der Waals surface area (Å²) >= 11 is 0. The Bertz CT molecular complexity index is 1010. The SMILES string of the molecule is CC(C)CCC[C@@H](C)[C@H]1CC[C@H]2[C@@H]3CC=C4C[C@@H](OC(=O)CCC(=O)OCOC(=O)[SH](C)C)CC[C@]4(C)[C@H]3CC[C@]12C. The van der Waals surface area contributed by atoms with Crippen LogP contribution in [-0.4, -0.2) is 42.6 Å². The monoisotopic (exact) mass is 606 g/mol. The Labute approximate surface area is 257 Å². The average Bonchev–Trinajstić information content (AvgIpc) is 3.29. The van der Waals surface area contributed by atoms with Crippen LogP contribution in [0.15, 0.2) is 11.6 Å². The smallest absolute Gasteiger partial charge is 0.349 e. The van der Waals surface area contributed by atoms with Crippen molar-refractivity contribution in [3.8, 4) is 0 Å². The van der Waals surface area contributed by atoms with E-state index in [1.807, 2.05) is 0 Å². The lowest BCUT2D eigenvalue weighted by molar-refractivity contribution is -0.158. The third-order valence-electron chi connectivity index (χ3n) is 11.9. The van der Waals surface area contributed by atoms with E-state index in [0.29, 0.717) is 5.41 Å². The third kappa shape index (κ3) is 7.41.